The fraction of sp³-hybridized carbons (Fsp3) is 0.417. The summed E-state index contributed by atoms with van der Waals surface area (Å²) < 4.78 is 5.13. The van der Waals surface area contributed by atoms with E-state index in [1.165, 1.54) is 0 Å². The molecule has 0 fully saturated rings. The molecule has 1 atom stereocenters. The average molecular weight is 239 g/mol. The number of amides is 1. The van der Waals surface area contributed by atoms with Crippen molar-refractivity contribution >= 4 is 18.5 Å². The first-order valence-corrected chi connectivity index (χ1v) is 5.62. The smallest absolute Gasteiger partial charge is 0.235 e. The van der Waals surface area contributed by atoms with Crippen LogP contribution in [0, 0.1) is 0 Å². The second-order valence-corrected chi connectivity index (χ2v) is 4.50. The van der Waals surface area contributed by atoms with Gasteiger partial charge in [-0.25, -0.2) is 0 Å². The van der Waals surface area contributed by atoms with Crippen molar-refractivity contribution in [1.82, 2.24) is 4.90 Å². The van der Waals surface area contributed by atoms with Gasteiger partial charge in [0, 0.05) is 13.6 Å². The van der Waals surface area contributed by atoms with Crippen molar-refractivity contribution in [3.8, 4) is 5.75 Å². The molecule has 0 aliphatic heterocycles. The van der Waals surface area contributed by atoms with E-state index in [1.807, 2.05) is 24.3 Å². The molecule has 1 rings (SSSR count). The second kappa shape index (κ2) is 5.80. The number of methoxy groups -OCH3 is 1. The molecule has 0 aromatic heterocycles. The van der Waals surface area contributed by atoms with Crippen LogP contribution in [-0.4, -0.2) is 30.2 Å². The Hall–Kier alpha value is -1.16. The molecule has 0 bridgehead atoms. The normalized spacial score (nSPS) is 12.0. The number of rotatable bonds is 4. The van der Waals surface area contributed by atoms with Gasteiger partial charge in [0.15, 0.2) is 0 Å². The van der Waals surface area contributed by atoms with E-state index < -0.39 is 0 Å². The molecule has 1 amide bonds. The van der Waals surface area contributed by atoms with E-state index in [-0.39, 0.29) is 11.2 Å². The van der Waals surface area contributed by atoms with Gasteiger partial charge in [0.1, 0.15) is 5.75 Å². The highest BCUT2D eigenvalue weighted by molar-refractivity contribution is 7.81. The van der Waals surface area contributed by atoms with Crippen LogP contribution in [0.1, 0.15) is 12.5 Å². The second-order valence-electron chi connectivity index (χ2n) is 3.72. The average Bonchev–Trinajstić information content (AvgIpc) is 2.28. The van der Waals surface area contributed by atoms with Gasteiger partial charge in [-0.15, -0.1) is 0 Å². The van der Waals surface area contributed by atoms with Crippen LogP contribution in [0.5, 0.6) is 5.75 Å². The molecule has 0 N–H and O–H groups in total. The Morgan fingerprint density at radius 2 is 2.25 bits per heavy atom. The topological polar surface area (TPSA) is 29.5 Å². The van der Waals surface area contributed by atoms with E-state index in [2.05, 4.69) is 12.6 Å². The first-order valence-electron chi connectivity index (χ1n) is 5.10. The molecule has 0 aliphatic carbocycles. The van der Waals surface area contributed by atoms with E-state index in [0.29, 0.717) is 6.54 Å². The predicted octanol–water partition coefficient (Wildman–Crippen LogP) is 1.97. The minimum atomic E-state index is -0.268. The van der Waals surface area contributed by atoms with E-state index >= 15 is 0 Å². The summed E-state index contributed by atoms with van der Waals surface area (Å²) in [6.45, 7) is 2.34. The highest BCUT2D eigenvalue weighted by atomic mass is 32.1. The van der Waals surface area contributed by atoms with Crippen molar-refractivity contribution in [2.24, 2.45) is 0 Å². The van der Waals surface area contributed by atoms with Crippen LogP contribution in [0.2, 0.25) is 0 Å². The van der Waals surface area contributed by atoms with E-state index in [9.17, 15) is 4.79 Å². The van der Waals surface area contributed by atoms with Crippen LogP contribution in [0.4, 0.5) is 0 Å². The third kappa shape index (κ3) is 3.45. The van der Waals surface area contributed by atoms with Gasteiger partial charge in [-0.3, -0.25) is 4.79 Å². The molecule has 3 nitrogen and oxygen atoms in total. The summed E-state index contributed by atoms with van der Waals surface area (Å²) in [7, 11) is 3.40. The summed E-state index contributed by atoms with van der Waals surface area (Å²) in [4.78, 5) is 13.3. The predicted molar refractivity (Wildman–Crippen MR) is 67.9 cm³/mol. The number of hydrogen-bond donors (Lipinski definition) is 1. The van der Waals surface area contributed by atoms with Crippen LogP contribution in [0.3, 0.4) is 0 Å². The van der Waals surface area contributed by atoms with Crippen LogP contribution in [0.15, 0.2) is 24.3 Å². The summed E-state index contributed by atoms with van der Waals surface area (Å²) in [5.41, 5.74) is 1.05. The fourth-order valence-corrected chi connectivity index (χ4v) is 1.64. The minimum Gasteiger partial charge on any atom is -0.497 e. The standard InChI is InChI=1S/C12H17NO2S/c1-9(16)12(14)13(2)8-10-5-4-6-11(7-10)15-3/h4-7,9,16H,8H2,1-3H3. The number of carbonyl (C=O) groups is 1. The van der Waals surface area contributed by atoms with Crippen LogP contribution < -0.4 is 4.74 Å². The van der Waals surface area contributed by atoms with E-state index in [0.717, 1.165) is 11.3 Å². The summed E-state index contributed by atoms with van der Waals surface area (Å²) >= 11 is 4.12. The highest BCUT2D eigenvalue weighted by Crippen LogP contribution is 2.14. The van der Waals surface area contributed by atoms with Crippen molar-refractivity contribution in [3.05, 3.63) is 29.8 Å². The Bertz CT molecular complexity index is 366. The third-order valence-electron chi connectivity index (χ3n) is 2.29. The zero-order chi connectivity index (χ0) is 12.1. The van der Waals surface area contributed by atoms with Gasteiger partial charge in [0.2, 0.25) is 5.91 Å². The molecule has 0 saturated carbocycles. The summed E-state index contributed by atoms with van der Waals surface area (Å²) in [5, 5.41) is -0.268. The van der Waals surface area contributed by atoms with Crippen molar-refractivity contribution in [2.45, 2.75) is 18.7 Å². The molecular formula is C12H17NO2S. The molecule has 0 radical (unpaired) electrons. The molecule has 1 aromatic rings. The Labute approximate surface area is 102 Å². The van der Waals surface area contributed by atoms with Gasteiger partial charge in [0.05, 0.1) is 12.4 Å². The molecule has 0 aliphatic rings. The first kappa shape index (κ1) is 12.9. The molecule has 4 heteroatoms. The minimum absolute atomic E-state index is 0.0196. The molecule has 88 valence electrons. The maximum Gasteiger partial charge on any atom is 0.235 e. The van der Waals surface area contributed by atoms with Gasteiger partial charge in [-0.05, 0) is 24.6 Å². The first-order chi connectivity index (χ1) is 7.54. The Balaban J connectivity index is 2.69. The lowest BCUT2D eigenvalue weighted by molar-refractivity contribution is -0.129. The van der Waals surface area contributed by atoms with Crippen LogP contribution in [0.25, 0.3) is 0 Å². The molecule has 0 heterocycles. The van der Waals surface area contributed by atoms with Crippen molar-refractivity contribution in [3.63, 3.8) is 0 Å². The van der Waals surface area contributed by atoms with E-state index in [1.54, 1.807) is 26.0 Å². The summed E-state index contributed by atoms with van der Waals surface area (Å²) in [5.74, 6) is 0.823. The Kier molecular flexibility index (Phi) is 4.68. The van der Waals surface area contributed by atoms with Crippen LogP contribution in [-0.2, 0) is 11.3 Å². The lowest BCUT2D eigenvalue weighted by Gasteiger charge is -2.19. The molecule has 0 saturated heterocycles. The number of thiol groups is 1. The molecular weight excluding hydrogens is 222 g/mol. The number of hydrogen-bond acceptors (Lipinski definition) is 3. The number of carbonyl (C=O) groups excluding carboxylic acids is 1. The van der Waals surface area contributed by atoms with Gasteiger partial charge in [-0.1, -0.05) is 12.1 Å². The summed E-state index contributed by atoms with van der Waals surface area (Å²) in [6, 6.07) is 7.69. The van der Waals surface area contributed by atoms with Gasteiger partial charge in [-0.2, -0.15) is 12.6 Å². The molecule has 16 heavy (non-hydrogen) atoms. The fourth-order valence-electron chi connectivity index (χ4n) is 1.44. The zero-order valence-corrected chi connectivity index (χ0v) is 10.7. The monoisotopic (exact) mass is 239 g/mol. The van der Waals surface area contributed by atoms with Crippen molar-refractivity contribution in [2.75, 3.05) is 14.2 Å². The van der Waals surface area contributed by atoms with Gasteiger partial charge in [0.25, 0.3) is 0 Å². The lowest BCUT2D eigenvalue weighted by Crippen LogP contribution is -2.31. The highest BCUT2D eigenvalue weighted by Gasteiger charge is 2.13. The Morgan fingerprint density at radius 1 is 1.56 bits per heavy atom. The summed E-state index contributed by atoms with van der Waals surface area (Å²) in [6.07, 6.45) is 0. The number of nitrogens with zero attached hydrogens (tertiary/aromatic N) is 1. The molecule has 1 unspecified atom stereocenters. The third-order valence-corrected chi connectivity index (χ3v) is 2.51. The Morgan fingerprint density at radius 3 is 2.81 bits per heavy atom. The van der Waals surface area contributed by atoms with E-state index in [4.69, 9.17) is 4.74 Å². The largest absolute Gasteiger partial charge is 0.497 e. The maximum absolute atomic E-state index is 11.6. The zero-order valence-electron chi connectivity index (χ0n) is 9.80. The van der Waals surface area contributed by atoms with Crippen LogP contribution >= 0.6 is 12.6 Å². The quantitative estimate of drug-likeness (QED) is 0.814. The molecule has 1 aromatic carbocycles. The molecule has 0 spiro atoms. The maximum atomic E-state index is 11.6. The van der Waals surface area contributed by atoms with Gasteiger partial charge >= 0.3 is 0 Å². The number of ether oxygens (including phenoxy) is 1. The van der Waals surface area contributed by atoms with Gasteiger partial charge < -0.3 is 9.64 Å². The number of benzene rings is 1. The lowest BCUT2D eigenvalue weighted by atomic mass is 10.2. The van der Waals surface area contributed by atoms with Crippen molar-refractivity contribution < 1.29 is 9.53 Å². The van der Waals surface area contributed by atoms with Crippen molar-refractivity contribution in [1.29, 1.82) is 0 Å². The SMILES string of the molecule is COc1cccc(CN(C)C(=O)C(C)S)c1.